The number of hydrogen-bond acceptors (Lipinski definition) is 1. The predicted molar refractivity (Wildman–Crippen MR) is 52.4 cm³/mol. The van der Waals surface area contributed by atoms with Crippen LogP contribution in [0.15, 0.2) is 30.7 Å². The van der Waals surface area contributed by atoms with Gasteiger partial charge in [0.15, 0.2) is 0 Å². The van der Waals surface area contributed by atoms with Crippen LogP contribution in [0.1, 0.15) is 12.0 Å². The van der Waals surface area contributed by atoms with Gasteiger partial charge in [0.1, 0.15) is 0 Å². The van der Waals surface area contributed by atoms with Crippen molar-refractivity contribution in [3.05, 3.63) is 36.3 Å². The van der Waals surface area contributed by atoms with Gasteiger partial charge in [-0.2, -0.15) is 13.2 Å². The molecule has 0 bridgehead atoms. The van der Waals surface area contributed by atoms with Crippen molar-refractivity contribution in [3.63, 3.8) is 0 Å². The van der Waals surface area contributed by atoms with Gasteiger partial charge < -0.3 is 9.88 Å². The van der Waals surface area contributed by atoms with Crippen molar-refractivity contribution < 1.29 is 18.0 Å². The maximum atomic E-state index is 12.2. The van der Waals surface area contributed by atoms with Gasteiger partial charge >= 0.3 is 6.18 Å². The maximum absolute atomic E-state index is 12.2. The number of halogens is 3. The molecule has 0 aliphatic heterocycles. The summed E-state index contributed by atoms with van der Waals surface area (Å²) in [5, 5.41) is 2.34. The number of nitrogens with one attached hydrogen (secondary N) is 1. The number of aromatic nitrogens is 1. The molecule has 0 radical (unpaired) electrons. The van der Waals surface area contributed by atoms with Crippen molar-refractivity contribution in [2.24, 2.45) is 0 Å². The van der Waals surface area contributed by atoms with E-state index in [1.807, 2.05) is 0 Å². The molecule has 1 amide bonds. The predicted octanol–water partition coefficient (Wildman–Crippen LogP) is 2.16. The number of allylic oxidation sites excluding steroid dienone is 1. The second-order valence-electron chi connectivity index (χ2n) is 3.25. The van der Waals surface area contributed by atoms with E-state index in [1.165, 1.54) is 10.8 Å². The molecule has 0 saturated heterocycles. The van der Waals surface area contributed by atoms with Crippen LogP contribution in [0.25, 0.3) is 0 Å². The summed E-state index contributed by atoms with van der Waals surface area (Å²) in [5.74, 6) is 0. The average Bonchev–Trinajstić information content (AvgIpc) is 2.63. The second-order valence-corrected chi connectivity index (χ2v) is 3.25. The van der Waals surface area contributed by atoms with Crippen molar-refractivity contribution >= 4 is 6.41 Å². The Labute approximate surface area is 90.6 Å². The van der Waals surface area contributed by atoms with E-state index < -0.39 is 11.7 Å². The molecule has 1 rings (SSSR count). The highest BCUT2D eigenvalue weighted by Crippen LogP contribution is 2.29. The number of nitrogens with zero attached hydrogens (tertiary/aromatic N) is 1. The van der Waals surface area contributed by atoms with E-state index >= 15 is 0 Å². The Balaban J connectivity index is 2.53. The van der Waals surface area contributed by atoms with Crippen LogP contribution >= 0.6 is 0 Å². The molecule has 0 aliphatic carbocycles. The van der Waals surface area contributed by atoms with Gasteiger partial charge in [0, 0.05) is 31.1 Å². The van der Waals surface area contributed by atoms with E-state index in [4.69, 9.17) is 0 Å². The molecule has 0 unspecified atom stereocenters. The van der Waals surface area contributed by atoms with Crippen LogP contribution in [-0.4, -0.2) is 11.0 Å². The van der Waals surface area contributed by atoms with Crippen molar-refractivity contribution in [3.8, 4) is 0 Å². The fraction of sp³-hybridized carbons (Fsp3) is 0.300. The van der Waals surface area contributed by atoms with Gasteiger partial charge in [-0.05, 0) is 6.07 Å². The zero-order chi connectivity index (χ0) is 12.2. The van der Waals surface area contributed by atoms with Crippen LogP contribution in [-0.2, 0) is 17.5 Å². The molecule has 1 aromatic heterocycles. The minimum absolute atomic E-state index is 0.343. The summed E-state index contributed by atoms with van der Waals surface area (Å²) in [5.41, 5.74) is -0.210. The third-order valence-electron chi connectivity index (χ3n) is 2.01. The van der Waals surface area contributed by atoms with Gasteiger partial charge in [-0.25, -0.2) is 0 Å². The first-order valence-electron chi connectivity index (χ1n) is 4.54. The van der Waals surface area contributed by atoms with E-state index in [0.717, 1.165) is 12.3 Å². The van der Waals surface area contributed by atoms with Crippen LogP contribution in [0.5, 0.6) is 0 Å². The van der Waals surface area contributed by atoms with Crippen LogP contribution in [0.4, 0.5) is 13.2 Å². The summed E-state index contributed by atoms with van der Waals surface area (Å²) >= 11 is 0. The quantitative estimate of drug-likeness (QED) is 0.775. The number of aryl methyl sites for hydroxylation is 1. The first-order chi connectivity index (χ1) is 7.43. The smallest absolute Gasteiger partial charge is 0.353 e. The summed E-state index contributed by atoms with van der Waals surface area (Å²) in [6, 6.07) is 1.01. The zero-order valence-corrected chi connectivity index (χ0v) is 8.42. The molecule has 0 aliphatic rings. The minimum atomic E-state index is -4.32. The lowest BCUT2D eigenvalue weighted by atomic mass is 10.3. The lowest BCUT2D eigenvalue weighted by Gasteiger charge is -2.05. The topological polar surface area (TPSA) is 34.0 Å². The normalized spacial score (nSPS) is 11.2. The molecule has 88 valence electrons. The fourth-order valence-electron chi connectivity index (χ4n) is 1.17. The number of rotatable bonds is 5. The van der Waals surface area contributed by atoms with Gasteiger partial charge in [0.2, 0.25) is 6.41 Å². The Bertz CT molecular complexity index is 382. The van der Waals surface area contributed by atoms with Crippen molar-refractivity contribution in [2.45, 2.75) is 19.1 Å². The highest BCUT2D eigenvalue weighted by Gasteiger charge is 2.31. The molecule has 1 heterocycles. The fourth-order valence-corrected chi connectivity index (χ4v) is 1.17. The molecule has 3 nitrogen and oxygen atoms in total. The van der Waals surface area contributed by atoms with Crippen LogP contribution in [0, 0.1) is 0 Å². The number of carbonyl (C=O) groups is 1. The summed E-state index contributed by atoms with van der Waals surface area (Å²) in [4.78, 5) is 10.0. The molecule has 0 atom stereocenters. The Morgan fingerprint density at radius 2 is 2.25 bits per heavy atom. The number of alkyl halides is 3. The van der Waals surface area contributed by atoms with Gasteiger partial charge in [-0.3, -0.25) is 4.79 Å². The largest absolute Gasteiger partial charge is 0.417 e. The van der Waals surface area contributed by atoms with Crippen molar-refractivity contribution in [1.82, 2.24) is 9.88 Å². The molecular weight excluding hydrogens is 221 g/mol. The molecule has 1 N–H and O–H groups in total. The standard InChI is InChI=1S/C10H11F3N2O/c1-8(14-7-16)2-4-15-5-3-9(6-15)10(11,12)13/h3,5-7H,1-2,4H2,(H,14,16). The summed E-state index contributed by atoms with van der Waals surface area (Å²) in [7, 11) is 0. The Morgan fingerprint density at radius 3 is 2.75 bits per heavy atom. The molecule has 16 heavy (non-hydrogen) atoms. The van der Waals surface area contributed by atoms with E-state index in [9.17, 15) is 18.0 Å². The zero-order valence-electron chi connectivity index (χ0n) is 8.42. The molecule has 0 fully saturated rings. The van der Waals surface area contributed by atoms with Crippen LogP contribution < -0.4 is 5.32 Å². The van der Waals surface area contributed by atoms with E-state index in [1.54, 1.807) is 0 Å². The lowest BCUT2D eigenvalue weighted by Crippen LogP contribution is -2.11. The van der Waals surface area contributed by atoms with E-state index in [-0.39, 0.29) is 0 Å². The van der Waals surface area contributed by atoms with Crippen LogP contribution in [0.3, 0.4) is 0 Å². The van der Waals surface area contributed by atoms with Gasteiger partial charge in [0.05, 0.1) is 5.56 Å². The van der Waals surface area contributed by atoms with Gasteiger partial charge in [-0.15, -0.1) is 0 Å². The Kier molecular flexibility index (Phi) is 3.76. The van der Waals surface area contributed by atoms with Crippen molar-refractivity contribution in [2.75, 3.05) is 0 Å². The monoisotopic (exact) mass is 232 g/mol. The average molecular weight is 232 g/mol. The molecule has 0 spiro atoms. The highest BCUT2D eigenvalue weighted by atomic mass is 19.4. The maximum Gasteiger partial charge on any atom is 0.417 e. The number of carbonyl (C=O) groups excluding carboxylic acids is 1. The van der Waals surface area contributed by atoms with Gasteiger partial charge in [-0.1, -0.05) is 6.58 Å². The van der Waals surface area contributed by atoms with E-state index in [2.05, 4.69) is 11.9 Å². The van der Waals surface area contributed by atoms with Gasteiger partial charge in [0.25, 0.3) is 0 Å². The molecule has 1 aromatic rings. The van der Waals surface area contributed by atoms with Crippen molar-refractivity contribution in [1.29, 1.82) is 0 Å². The SMILES string of the molecule is C=C(CCn1ccc(C(F)(F)F)c1)NC=O. The summed E-state index contributed by atoms with van der Waals surface area (Å²) in [6.45, 7) is 3.88. The van der Waals surface area contributed by atoms with E-state index in [0.29, 0.717) is 25.1 Å². The third-order valence-corrected chi connectivity index (χ3v) is 2.01. The highest BCUT2D eigenvalue weighted by molar-refractivity contribution is 5.49. The Morgan fingerprint density at radius 1 is 1.56 bits per heavy atom. The second kappa shape index (κ2) is 4.87. The first kappa shape index (κ1) is 12.4. The lowest BCUT2D eigenvalue weighted by molar-refractivity contribution is -0.137. The van der Waals surface area contributed by atoms with Crippen LogP contribution in [0.2, 0.25) is 0 Å². The molecule has 0 saturated carbocycles. The first-order valence-corrected chi connectivity index (χ1v) is 4.54. The third kappa shape index (κ3) is 3.45. The number of amides is 1. The number of hydrogen-bond donors (Lipinski definition) is 1. The summed E-state index contributed by atoms with van der Waals surface area (Å²) in [6.07, 6.45) is -1.07. The minimum Gasteiger partial charge on any atom is -0.353 e. The Hall–Kier alpha value is -1.72. The molecule has 6 heteroatoms. The molecule has 0 aromatic carbocycles. The summed E-state index contributed by atoms with van der Waals surface area (Å²) < 4.78 is 38.1. The molecular formula is C10H11F3N2O.